The zero-order valence-electron chi connectivity index (χ0n) is 29.5. The van der Waals surface area contributed by atoms with Crippen LogP contribution in [0.2, 0.25) is 11.1 Å². The monoisotopic (exact) mass is 689 g/mol. The molecular formula is C35H55N3O9Si. The van der Waals surface area contributed by atoms with Crippen molar-refractivity contribution in [2.24, 2.45) is 17.8 Å². The van der Waals surface area contributed by atoms with E-state index in [4.69, 9.17) is 23.1 Å². The molecule has 2 N–H and O–H groups in total. The average molecular weight is 690 g/mol. The molecule has 2 aliphatic carbocycles. The summed E-state index contributed by atoms with van der Waals surface area (Å²) in [6.07, 6.45) is 7.24. The summed E-state index contributed by atoms with van der Waals surface area (Å²) in [6.45, 7) is 13.2. The van der Waals surface area contributed by atoms with Crippen molar-refractivity contribution in [3.63, 3.8) is 0 Å². The molecule has 4 rings (SSSR count). The quantitative estimate of drug-likeness (QED) is 0.0989. The number of aryl methyl sites for hydroxylation is 1. The molecule has 1 aliphatic heterocycles. The Bertz CT molecular complexity index is 1390. The lowest BCUT2D eigenvalue weighted by molar-refractivity contribution is -0.150. The molecule has 12 nitrogen and oxygen atoms in total. The van der Waals surface area contributed by atoms with Gasteiger partial charge in [0.1, 0.15) is 18.4 Å². The molecule has 0 spiro atoms. The number of esters is 1. The van der Waals surface area contributed by atoms with Crippen LogP contribution in [0.4, 0.5) is 4.79 Å². The van der Waals surface area contributed by atoms with Gasteiger partial charge in [-0.2, -0.15) is 0 Å². The van der Waals surface area contributed by atoms with Crippen LogP contribution in [0.15, 0.2) is 15.8 Å². The van der Waals surface area contributed by atoms with E-state index in [1.165, 1.54) is 17.7 Å². The van der Waals surface area contributed by atoms with Crippen molar-refractivity contribution < 1.29 is 32.7 Å². The molecule has 268 valence electrons. The highest BCUT2D eigenvalue weighted by Crippen LogP contribution is 2.52. The minimum absolute atomic E-state index is 0.142. The number of aromatic nitrogens is 2. The fourth-order valence-corrected chi connectivity index (χ4v) is 10.9. The molecule has 1 amide bonds. The van der Waals surface area contributed by atoms with E-state index in [0.29, 0.717) is 43.1 Å². The Kier molecular flexibility index (Phi) is 13.9. The summed E-state index contributed by atoms with van der Waals surface area (Å²) in [5.74, 6) is 7.80. The molecule has 6 atom stereocenters. The van der Waals surface area contributed by atoms with E-state index < -0.39 is 44.2 Å². The predicted octanol–water partition coefficient (Wildman–Crippen LogP) is 5.09. The Morgan fingerprint density at radius 1 is 1.02 bits per heavy atom. The van der Waals surface area contributed by atoms with E-state index >= 15 is 0 Å². The zero-order chi connectivity index (χ0) is 34.8. The number of hydrogen-bond donors (Lipinski definition) is 2. The van der Waals surface area contributed by atoms with E-state index in [0.717, 1.165) is 51.4 Å². The van der Waals surface area contributed by atoms with E-state index in [1.807, 2.05) is 0 Å². The Hall–Kier alpha value is -2.92. The van der Waals surface area contributed by atoms with Crippen LogP contribution in [0, 0.1) is 36.5 Å². The van der Waals surface area contributed by atoms with Gasteiger partial charge in [-0.25, -0.2) is 9.59 Å². The number of unbranched alkanes of at least 4 members (excludes halogenated alkanes) is 3. The Morgan fingerprint density at radius 3 is 2.33 bits per heavy atom. The average Bonchev–Trinajstić information content (AvgIpc) is 3.49. The summed E-state index contributed by atoms with van der Waals surface area (Å²) < 4.78 is 31.9. The van der Waals surface area contributed by atoms with Gasteiger partial charge in [-0.3, -0.25) is 19.1 Å². The van der Waals surface area contributed by atoms with Crippen LogP contribution in [0.1, 0.15) is 104 Å². The minimum atomic E-state index is -2.75. The maximum atomic E-state index is 12.5. The molecule has 1 unspecified atom stereocenters. The standard InChI is InChI=1S/C35H55N3O9Si/c1-23(2)48(24(3)4,45-22-31-30(46-26(6)39)19-32(47-31)38-20-25(5)33(40)37-34(38)41)44-18-14-10-9-13-17-36-35(42)43-21-29-27-15-11-7-8-12-16-28(27)29/h20,23-24,27-32H,9-19,21-22H2,1-6H3,(H,36,42)(H,37,40,41)/t27-,28+,29-,30?,31-,32-/m1/s1. The molecule has 1 aromatic heterocycles. The second kappa shape index (κ2) is 17.6. The third-order valence-electron chi connectivity index (χ3n) is 9.95. The molecular weight excluding hydrogens is 634 g/mol. The van der Waals surface area contributed by atoms with Crippen LogP contribution in [0.5, 0.6) is 0 Å². The van der Waals surface area contributed by atoms with Gasteiger partial charge in [0.2, 0.25) is 0 Å². The second-order valence-electron chi connectivity index (χ2n) is 14.0. The number of carbonyl (C=O) groups is 2. The van der Waals surface area contributed by atoms with Gasteiger partial charge >= 0.3 is 26.3 Å². The van der Waals surface area contributed by atoms with Gasteiger partial charge in [0.25, 0.3) is 5.56 Å². The first-order valence-corrected chi connectivity index (χ1v) is 19.7. The molecule has 13 heteroatoms. The van der Waals surface area contributed by atoms with Crippen molar-refractivity contribution in [1.82, 2.24) is 14.9 Å². The lowest BCUT2D eigenvalue weighted by atomic mass is 10.1. The number of nitrogens with one attached hydrogen (secondary N) is 2. The van der Waals surface area contributed by atoms with E-state index in [1.54, 1.807) is 6.92 Å². The largest absolute Gasteiger partial charge is 0.460 e. The molecule has 0 radical (unpaired) electrons. The number of rotatable bonds is 17. The van der Waals surface area contributed by atoms with Crippen molar-refractivity contribution in [3.05, 3.63) is 32.6 Å². The highest BCUT2D eigenvalue weighted by molar-refractivity contribution is 6.70. The number of aromatic amines is 1. The number of ether oxygens (including phenoxy) is 3. The summed E-state index contributed by atoms with van der Waals surface area (Å²) in [6, 6.07) is 0. The second-order valence-corrected chi connectivity index (χ2v) is 18.4. The molecule has 1 aromatic rings. The van der Waals surface area contributed by atoms with Crippen LogP contribution in [-0.4, -0.2) is 68.7 Å². The van der Waals surface area contributed by atoms with Gasteiger partial charge in [-0.05, 0) is 61.4 Å². The highest BCUT2D eigenvalue weighted by atomic mass is 28.4. The van der Waals surface area contributed by atoms with Gasteiger partial charge in [0, 0.05) is 51.1 Å². The van der Waals surface area contributed by atoms with Gasteiger partial charge < -0.3 is 28.4 Å². The lowest BCUT2D eigenvalue weighted by Crippen LogP contribution is -2.50. The van der Waals surface area contributed by atoms with Gasteiger partial charge in [0.15, 0.2) is 0 Å². The first kappa shape index (κ1) is 37.9. The third-order valence-corrected chi connectivity index (χ3v) is 14.4. The first-order chi connectivity index (χ1) is 22.9. The molecule has 48 heavy (non-hydrogen) atoms. The smallest absolute Gasteiger partial charge is 0.407 e. The van der Waals surface area contributed by atoms with Gasteiger partial charge in [-0.1, -0.05) is 40.5 Å². The SMILES string of the molecule is CC(=O)OC1C[C@H](n2cc(C)c(=O)[nH]c2=O)O[C@@H]1CO[Si](OCCCCCCNC(=O)OC[C@@H]1[C@@H]2CCC#CCC[C@@H]21)(C(C)C)C(C)C. The number of H-pyrrole nitrogens is 1. The molecule has 2 heterocycles. The summed E-state index contributed by atoms with van der Waals surface area (Å²) in [7, 11) is -2.75. The Labute approximate surface area is 285 Å². The summed E-state index contributed by atoms with van der Waals surface area (Å²) in [5, 5.41) is 2.89. The number of hydrogen-bond acceptors (Lipinski definition) is 9. The van der Waals surface area contributed by atoms with Gasteiger partial charge in [0.05, 0.1) is 13.2 Å². The van der Waals surface area contributed by atoms with Crippen molar-refractivity contribution in [1.29, 1.82) is 0 Å². The van der Waals surface area contributed by atoms with Crippen LogP contribution in [-0.2, 0) is 27.9 Å². The van der Waals surface area contributed by atoms with E-state index in [-0.39, 0.29) is 30.2 Å². The molecule has 1 saturated carbocycles. The predicted molar refractivity (Wildman–Crippen MR) is 183 cm³/mol. The van der Waals surface area contributed by atoms with Crippen LogP contribution < -0.4 is 16.6 Å². The van der Waals surface area contributed by atoms with Crippen LogP contribution in [0.3, 0.4) is 0 Å². The molecule has 0 bridgehead atoms. The lowest BCUT2D eigenvalue weighted by Gasteiger charge is -2.38. The summed E-state index contributed by atoms with van der Waals surface area (Å²) >= 11 is 0. The third kappa shape index (κ3) is 10.1. The number of fused-ring (bicyclic) bond motifs is 1. The van der Waals surface area contributed by atoms with Crippen LogP contribution in [0.25, 0.3) is 0 Å². The highest BCUT2D eigenvalue weighted by Gasteiger charge is 2.49. The number of amides is 1. The number of alkyl carbamates (subject to hydrolysis) is 1. The fraction of sp³-hybridized carbons (Fsp3) is 0.771. The van der Waals surface area contributed by atoms with Crippen molar-refractivity contribution in [3.8, 4) is 11.8 Å². The normalized spacial score (nSPS) is 25.1. The first-order valence-electron chi connectivity index (χ1n) is 17.7. The number of carbonyl (C=O) groups excluding carboxylic acids is 2. The Balaban J connectivity index is 1.19. The maximum Gasteiger partial charge on any atom is 0.407 e. The summed E-state index contributed by atoms with van der Waals surface area (Å²) in [4.78, 5) is 50.8. The summed E-state index contributed by atoms with van der Waals surface area (Å²) in [5.41, 5.74) is -0.374. The van der Waals surface area contributed by atoms with Crippen molar-refractivity contribution >= 4 is 20.6 Å². The topological polar surface area (TPSA) is 147 Å². The maximum absolute atomic E-state index is 12.5. The molecule has 1 saturated heterocycles. The van der Waals surface area contributed by atoms with E-state index in [2.05, 4.69) is 49.8 Å². The molecule has 0 aromatic carbocycles. The number of nitrogens with zero attached hydrogens (tertiary/aromatic N) is 1. The molecule has 2 fully saturated rings. The fourth-order valence-electron chi connectivity index (χ4n) is 7.25. The van der Waals surface area contributed by atoms with E-state index in [9.17, 15) is 19.2 Å². The van der Waals surface area contributed by atoms with Crippen LogP contribution >= 0.6 is 0 Å². The van der Waals surface area contributed by atoms with Crippen molar-refractivity contribution in [2.45, 2.75) is 129 Å². The Morgan fingerprint density at radius 2 is 1.69 bits per heavy atom. The minimum Gasteiger partial charge on any atom is -0.460 e. The van der Waals surface area contributed by atoms with Crippen molar-refractivity contribution in [2.75, 3.05) is 26.4 Å². The zero-order valence-corrected chi connectivity index (χ0v) is 30.5. The molecule has 3 aliphatic rings. The van der Waals surface area contributed by atoms with Gasteiger partial charge in [-0.15, -0.1) is 11.8 Å².